The van der Waals surface area contributed by atoms with Crippen molar-refractivity contribution in [2.75, 3.05) is 5.32 Å². The lowest BCUT2D eigenvalue weighted by Gasteiger charge is -2.24. The molecule has 1 aromatic rings. The monoisotopic (exact) mass is 285 g/mol. The van der Waals surface area contributed by atoms with Crippen LogP contribution in [0.3, 0.4) is 0 Å². The minimum Gasteiger partial charge on any atom is -0.359 e. The average Bonchev–Trinajstić information content (AvgIpc) is 3.03. The minimum absolute atomic E-state index is 0.452. The van der Waals surface area contributed by atoms with Crippen LogP contribution in [0.4, 0.5) is 5.69 Å². The van der Waals surface area contributed by atoms with Crippen LogP contribution < -0.4 is 10.6 Å². The number of fused-ring (bicyclic) bond motifs is 2. The molecule has 0 radical (unpaired) electrons. The molecule has 2 aliphatic rings. The Bertz CT molecular complexity index is 532. The molecule has 0 amide bonds. The molecule has 3 rings (SSSR count). The van der Waals surface area contributed by atoms with Gasteiger partial charge in [0, 0.05) is 11.7 Å². The first-order chi connectivity index (χ1) is 9.74. The summed E-state index contributed by atoms with van der Waals surface area (Å²) in [6, 6.07) is 10.6. The number of hydrogen-bond acceptors (Lipinski definition) is 2. The lowest BCUT2D eigenvalue weighted by molar-refractivity contribution is 0.392. The predicted molar refractivity (Wildman–Crippen MR) is 84.4 cm³/mol. The highest BCUT2D eigenvalue weighted by molar-refractivity contribution is 7.80. The molecule has 0 saturated heterocycles. The normalized spacial score (nSPS) is 27.1. The van der Waals surface area contributed by atoms with Gasteiger partial charge in [-0.2, -0.15) is 5.26 Å². The topological polar surface area (TPSA) is 47.9 Å². The Kier molecular flexibility index (Phi) is 3.88. The maximum atomic E-state index is 8.65. The van der Waals surface area contributed by atoms with Crippen LogP contribution in [0.1, 0.15) is 31.2 Å². The second-order valence-electron chi connectivity index (χ2n) is 5.91. The van der Waals surface area contributed by atoms with E-state index in [2.05, 4.69) is 16.7 Å². The first-order valence-corrected chi connectivity index (χ1v) is 7.69. The molecule has 2 aliphatic carbocycles. The second kappa shape index (κ2) is 5.80. The van der Waals surface area contributed by atoms with E-state index in [0.29, 0.717) is 12.5 Å². The summed E-state index contributed by atoms with van der Waals surface area (Å²) in [6.07, 6.45) is 5.86. The average molecular weight is 285 g/mol. The van der Waals surface area contributed by atoms with E-state index in [0.717, 1.165) is 28.2 Å². The summed E-state index contributed by atoms with van der Waals surface area (Å²) in [5, 5.41) is 16.1. The zero-order chi connectivity index (χ0) is 13.9. The molecule has 0 unspecified atom stereocenters. The Morgan fingerprint density at radius 2 is 2.05 bits per heavy atom. The SMILES string of the molecule is N#CCc1ccc(NC(=S)N[C@@H]2C[C@H]3CC[C@H]2C3)cc1. The number of rotatable bonds is 3. The van der Waals surface area contributed by atoms with Crippen molar-refractivity contribution >= 4 is 23.0 Å². The molecule has 20 heavy (non-hydrogen) atoms. The highest BCUT2D eigenvalue weighted by Gasteiger charge is 2.39. The van der Waals surface area contributed by atoms with Gasteiger partial charge in [-0.05, 0) is 61.0 Å². The summed E-state index contributed by atoms with van der Waals surface area (Å²) in [6.45, 7) is 0. The van der Waals surface area contributed by atoms with Crippen molar-refractivity contribution in [3.63, 3.8) is 0 Å². The van der Waals surface area contributed by atoms with Gasteiger partial charge in [0.1, 0.15) is 0 Å². The van der Waals surface area contributed by atoms with Crippen LogP contribution in [-0.4, -0.2) is 11.2 Å². The van der Waals surface area contributed by atoms with Crippen LogP contribution in [0.15, 0.2) is 24.3 Å². The smallest absolute Gasteiger partial charge is 0.171 e. The molecule has 2 saturated carbocycles. The van der Waals surface area contributed by atoms with Crippen molar-refractivity contribution < 1.29 is 0 Å². The number of thiocarbonyl (C=S) groups is 1. The summed E-state index contributed by atoms with van der Waals surface area (Å²) < 4.78 is 0. The van der Waals surface area contributed by atoms with Gasteiger partial charge in [-0.1, -0.05) is 18.6 Å². The highest BCUT2D eigenvalue weighted by atomic mass is 32.1. The summed E-state index contributed by atoms with van der Waals surface area (Å²) in [5.74, 6) is 1.74. The first kappa shape index (κ1) is 13.4. The van der Waals surface area contributed by atoms with Crippen molar-refractivity contribution in [1.29, 1.82) is 5.26 Å². The molecule has 0 aliphatic heterocycles. The Morgan fingerprint density at radius 1 is 1.25 bits per heavy atom. The summed E-state index contributed by atoms with van der Waals surface area (Å²) >= 11 is 5.40. The van der Waals surface area contributed by atoms with Gasteiger partial charge in [0.25, 0.3) is 0 Å². The van der Waals surface area contributed by atoms with Crippen molar-refractivity contribution in [3.8, 4) is 6.07 Å². The third-order valence-electron chi connectivity index (χ3n) is 4.55. The third kappa shape index (κ3) is 2.94. The van der Waals surface area contributed by atoms with Gasteiger partial charge < -0.3 is 10.6 Å². The molecule has 0 spiro atoms. The van der Waals surface area contributed by atoms with Crippen molar-refractivity contribution in [2.45, 2.75) is 38.1 Å². The molecule has 1 aromatic carbocycles. The molecule has 104 valence electrons. The van der Waals surface area contributed by atoms with E-state index >= 15 is 0 Å². The molecule has 0 heterocycles. The Hall–Kier alpha value is -1.60. The lowest BCUT2D eigenvalue weighted by Crippen LogP contribution is -2.40. The van der Waals surface area contributed by atoms with Crippen LogP contribution in [-0.2, 0) is 6.42 Å². The molecular formula is C16H19N3S. The Balaban J connectivity index is 1.52. The van der Waals surface area contributed by atoms with Gasteiger partial charge in [0.2, 0.25) is 0 Å². The molecule has 3 nitrogen and oxygen atoms in total. The number of nitrogens with one attached hydrogen (secondary N) is 2. The fourth-order valence-electron chi connectivity index (χ4n) is 3.55. The van der Waals surface area contributed by atoms with Crippen molar-refractivity contribution in [3.05, 3.63) is 29.8 Å². The maximum Gasteiger partial charge on any atom is 0.171 e. The van der Waals surface area contributed by atoms with Crippen LogP contribution in [0, 0.1) is 23.2 Å². The fourth-order valence-corrected chi connectivity index (χ4v) is 3.82. The van der Waals surface area contributed by atoms with Gasteiger partial charge >= 0.3 is 0 Å². The molecule has 3 atom stereocenters. The van der Waals surface area contributed by atoms with E-state index in [4.69, 9.17) is 17.5 Å². The Morgan fingerprint density at radius 3 is 2.65 bits per heavy atom. The molecule has 2 N–H and O–H groups in total. The Labute approximate surface area is 125 Å². The largest absolute Gasteiger partial charge is 0.359 e. The molecule has 2 bridgehead atoms. The lowest BCUT2D eigenvalue weighted by atomic mass is 9.96. The van der Waals surface area contributed by atoms with Crippen molar-refractivity contribution in [1.82, 2.24) is 5.32 Å². The van der Waals surface area contributed by atoms with Crippen LogP contribution in [0.2, 0.25) is 0 Å². The van der Waals surface area contributed by atoms with E-state index < -0.39 is 0 Å². The van der Waals surface area contributed by atoms with E-state index in [1.54, 1.807) is 0 Å². The number of nitrogens with zero attached hydrogens (tertiary/aromatic N) is 1. The van der Waals surface area contributed by atoms with Crippen LogP contribution >= 0.6 is 12.2 Å². The van der Waals surface area contributed by atoms with Gasteiger partial charge in [-0.3, -0.25) is 0 Å². The van der Waals surface area contributed by atoms with E-state index in [9.17, 15) is 0 Å². The van der Waals surface area contributed by atoms with E-state index in [1.165, 1.54) is 25.7 Å². The third-order valence-corrected chi connectivity index (χ3v) is 4.77. The standard InChI is InChI=1S/C16H19N3S/c17-8-7-11-2-5-14(6-3-11)18-16(20)19-15-10-12-1-4-13(15)9-12/h2-3,5-6,12-13,15H,1,4,7,9-10H2,(H2,18,19,20)/t12-,13-,15+/m0/s1. The van der Waals surface area contributed by atoms with Crippen LogP contribution in [0.25, 0.3) is 0 Å². The molecule has 0 aromatic heterocycles. The number of benzene rings is 1. The fraction of sp³-hybridized carbons (Fsp3) is 0.500. The van der Waals surface area contributed by atoms with Gasteiger partial charge in [-0.25, -0.2) is 0 Å². The first-order valence-electron chi connectivity index (χ1n) is 7.28. The molecular weight excluding hydrogens is 266 g/mol. The van der Waals surface area contributed by atoms with E-state index in [-0.39, 0.29) is 0 Å². The number of anilines is 1. The summed E-state index contributed by atoms with van der Waals surface area (Å²) in [5.41, 5.74) is 2.01. The zero-order valence-corrected chi connectivity index (χ0v) is 12.2. The summed E-state index contributed by atoms with van der Waals surface area (Å²) in [4.78, 5) is 0. The summed E-state index contributed by atoms with van der Waals surface area (Å²) in [7, 11) is 0. The highest BCUT2D eigenvalue weighted by Crippen LogP contribution is 2.44. The van der Waals surface area contributed by atoms with Gasteiger partial charge in [0.05, 0.1) is 12.5 Å². The zero-order valence-electron chi connectivity index (χ0n) is 11.4. The molecule has 2 fully saturated rings. The van der Waals surface area contributed by atoms with Crippen LogP contribution in [0.5, 0.6) is 0 Å². The van der Waals surface area contributed by atoms with Crippen molar-refractivity contribution in [2.24, 2.45) is 11.8 Å². The molecule has 4 heteroatoms. The number of nitriles is 1. The van der Waals surface area contributed by atoms with E-state index in [1.807, 2.05) is 24.3 Å². The van der Waals surface area contributed by atoms with Gasteiger partial charge in [-0.15, -0.1) is 0 Å². The number of hydrogen-bond donors (Lipinski definition) is 2. The minimum atomic E-state index is 0.452. The predicted octanol–water partition coefficient (Wildman–Crippen LogP) is 3.23. The van der Waals surface area contributed by atoms with Gasteiger partial charge in [0.15, 0.2) is 5.11 Å². The second-order valence-corrected chi connectivity index (χ2v) is 6.32. The quantitative estimate of drug-likeness (QED) is 0.837. The maximum absolute atomic E-state index is 8.65.